The fourth-order valence-electron chi connectivity index (χ4n) is 1.15. The minimum atomic E-state index is -0.361. The Labute approximate surface area is 114 Å². The van der Waals surface area contributed by atoms with Gasteiger partial charge in [-0.1, -0.05) is 62.9 Å². The summed E-state index contributed by atoms with van der Waals surface area (Å²) >= 11 is 0. The second-order valence-electron chi connectivity index (χ2n) is 3.51. The predicted molar refractivity (Wildman–Crippen MR) is 77.6 cm³/mol. The average molecular weight is 268 g/mol. The quantitative estimate of drug-likeness (QED) is 0.680. The summed E-state index contributed by atoms with van der Waals surface area (Å²) in [5.74, 6) is 0.243. The summed E-state index contributed by atoms with van der Waals surface area (Å²) in [5, 5.41) is 0. The average Bonchev–Trinajstić information content (AvgIpc) is 2.41. The molecule has 0 radical (unpaired) electrons. The van der Waals surface area contributed by atoms with E-state index in [1.54, 1.807) is 42.5 Å². The van der Waals surface area contributed by atoms with E-state index in [1.807, 2.05) is 19.1 Å². The molecular formula is C16H22F2O. The van der Waals surface area contributed by atoms with E-state index >= 15 is 0 Å². The second kappa shape index (κ2) is 11.2. The van der Waals surface area contributed by atoms with Gasteiger partial charge in [0.15, 0.2) is 5.75 Å². The van der Waals surface area contributed by atoms with Gasteiger partial charge in [-0.15, -0.1) is 0 Å². The van der Waals surface area contributed by atoms with Gasteiger partial charge in [0.25, 0.3) is 0 Å². The molecule has 0 unspecified atom stereocenters. The largest absolute Gasteiger partial charge is 0.294 e. The molecular weight excluding hydrogens is 246 g/mol. The molecule has 0 aliphatic rings. The van der Waals surface area contributed by atoms with Crippen LogP contribution in [0.1, 0.15) is 26.0 Å². The van der Waals surface area contributed by atoms with E-state index < -0.39 is 0 Å². The molecule has 0 aromatic heterocycles. The lowest BCUT2D eigenvalue weighted by Gasteiger charge is -1.92. The standard InChI is InChI=1S/C8H9F.C6H5FO.2CH4/c1-7-2-4-8(6-9)5-3-7;7-8-6-4-2-1-3-5-6;;/h2-5H,6H2,1H3;1-5H;2*1H4. The molecule has 0 bridgehead atoms. The Morgan fingerprint density at radius 2 is 1.42 bits per heavy atom. The van der Waals surface area contributed by atoms with E-state index in [4.69, 9.17) is 0 Å². The zero-order chi connectivity index (χ0) is 12.5. The van der Waals surface area contributed by atoms with Crippen molar-refractivity contribution in [3.63, 3.8) is 0 Å². The van der Waals surface area contributed by atoms with Gasteiger partial charge in [-0.2, -0.15) is 0 Å². The van der Waals surface area contributed by atoms with Crippen molar-refractivity contribution in [1.29, 1.82) is 0 Å². The van der Waals surface area contributed by atoms with E-state index in [1.165, 1.54) is 5.56 Å². The summed E-state index contributed by atoms with van der Waals surface area (Å²) in [6.07, 6.45) is 0. The minimum absolute atomic E-state index is 0. The van der Waals surface area contributed by atoms with E-state index in [0.29, 0.717) is 0 Å². The normalized spacial score (nSPS) is 8.16. The molecule has 0 spiro atoms. The molecule has 0 saturated carbocycles. The van der Waals surface area contributed by atoms with Gasteiger partial charge in [0.2, 0.25) is 0 Å². The van der Waals surface area contributed by atoms with Gasteiger partial charge in [0, 0.05) is 4.53 Å². The first-order chi connectivity index (χ1) is 8.26. The summed E-state index contributed by atoms with van der Waals surface area (Å²) in [6, 6.07) is 15.7. The predicted octanol–water partition coefficient (Wildman–Crippen LogP) is 5.69. The van der Waals surface area contributed by atoms with E-state index in [-0.39, 0.29) is 27.3 Å². The number of alkyl halides is 1. The highest BCUT2D eigenvalue weighted by Gasteiger charge is 1.87. The maximum atomic E-state index is 11.9. The van der Waals surface area contributed by atoms with Gasteiger partial charge in [0.1, 0.15) is 6.67 Å². The van der Waals surface area contributed by atoms with Crippen molar-refractivity contribution in [2.45, 2.75) is 28.5 Å². The monoisotopic (exact) mass is 268 g/mol. The van der Waals surface area contributed by atoms with Crippen molar-refractivity contribution in [3.05, 3.63) is 65.7 Å². The van der Waals surface area contributed by atoms with Crippen molar-refractivity contribution in [3.8, 4) is 5.75 Å². The minimum Gasteiger partial charge on any atom is -0.294 e. The van der Waals surface area contributed by atoms with Crippen molar-refractivity contribution in [1.82, 2.24) is 0 Å². The van der Waals surface area contributed by atoms with Crippen LogP contribution in [0.25, 0.3) is 0 Å². The van der Waals surface area contributed by atoms with Crippen LogP contribution in [0, 0.1) is 6.92 Å². The molecule has 0 atom stereocenters. The lowest BCUT2D eigenvalue weighted by Crippen LogP contribution is -1.76. The van der Waals surface area contributed by atoms with Gasteiger partial charge in [0.05, 0.1) is 0 Å². The lowest BCUT2D eigenvalue weighted by atomic mass is 10.2. The Balaban J connectivity index is 0. The fraction of sp³-hybridized carbons (Fsp3) is 0.250. The van der Waals surface area contributed by atoms with Crippen LogP contribution >= 0.6 is 0 Å². The van der Waals surface area contributed by atoms with Crippen LogP contribution in [-0.4, -0.2) is 0 Å². The molecule has 0 N–H and O–H groups in total. The summed E-state index contributed by atoms with van der Waals surface area (Å²) in [4.78, 5) is 3.41. The molecule has 0 saturated heterocycles. The summed E-state index contributed by atoms with van der Waals surface area (Å²) in [5.41, 5.74) is 1.92. The number of aryl methyl sites for hydroxylation is 1. The van der Waals surface area contributed by atoms with E-state index in [9.17, 15) is 8.92 Å². The Morgan fingerprint density at radius 3 is 1.79 bits per heavy atom. The molecule has 106 valence electrons. The summed E-state index contributed by atoms with van der Waals surface area (Å²) in [6.45, 7) is 1.63. The number of hydrogen-bond acceptors (Lipinski definition) is 1. The van der Waals surface area contributed by atoms with Crippen LogP contribution in [0.5, 0.6) is 5.75 Å². The van der Waals surface area contributed by atoms with Crippen LogP contribution in [0.15, 0.2) is 54.6 Å². The SMILES string of the molecule is C.C.Cc1ccc(CF)cc1.FOc1ccccc1. The maximum absolute atomic E-state index is 11.9. The van der Waals surface area contributed by atoms with Crippen LogP contribution in [-0.2, 0) is 6.67 Å². The van der Waals surface area contributed by atoms with Crippen LogP contribution in [0.2, 0.25) is 0 Å². The summed E-state index contributed by atoms with van der Waals surface area (Å²) < 4.78 is 23.1. The lowest BCUT2D eigenvalue weighted by molar-refractivity contribution is -0.00620. The molecule has 2 aromatic carbocycles. The zero-order valence-electron chi connectivity index (χ0n) is 9.57. The summed E-state index contributed by atoms with van der Waals surface area (Å²) in [7, 11) is 0. The first-order valence-electron chi connectivity index (χ1n) is 5.21. The molecule has 0 amide bonds. The number of benzene rings is 2. The second-order valence-corrected chi connectivity index (χ2v) is 3.51. The third kappa shape index (κ3) is 7.92. The molecule has 2 aromatic rings. The first kappa shape index (κ1) is 19.4. The molecule has 0 fully saturated rings. The molecule has 2 rings (SSSR count). The van der Waals surface area contributed by atoms with Crippen molar-refractivity contribution < 1.29 is 13.9 Å². The highest BCUT2D eigenvalue weighted by atomic mass is 19.3. The van der Waals surface area contributed by atoms with Gasteiger partial charge in [-0.3, -0.25) is 4.94 Å². The number of rotatable bonds is 2. The number of para-hydroxylation sites is 1. The van der Waals surface area contributed by atoms with Crippen molar-refractivity contribution in [2.24, 2.45) is 0 Å². The molecule has 0 aliphatic carbocycles. The highest BCUT2D eigenvalue weighted by molar-refractivity contribution is 5.20. The molecule has 19 heavy (non-hydrogen) atoms. The smallest absolute Gasteiger partial charge is 0.171 e. The Kier molecular flexibility index (Phi) is 11.5. The van der Waals surface area contributed by atoms with Crippen LogP contribution in [0.3, 0.4) is 0 Å². The molecule has 0 aliphatic heterocycles. The molecule has 1 nitrogen and oxygen atoms in total. The topological polar surface area (TPSA) is 9.23 Å². The number of halogens is 2. The zero-order valence-corrected chi connectivity index (χ0v) is 9.57. The number of hydrogen-bond donors (Lipinski definition) is 0. The highest BCUT2D eigenvalue weighted by Crippen LogP contribution is 2.07. The molecule has 0 heterocycles. The Morgan fingerprint density at radius 1 is 0.895 bits per heavy atom. The van der Waals surface area contributed by atoms with Crippen molar-refractivity contribution in [2.75, 3.05) is 0 Å². The maximum Gasteiger partial charge on any atom is 0.171 e. The third-order valence-corrected chi connectivity index (χ3v) is 2.11. The van der Waals surface area contributed by atoms with Gasteiger partial charge < -0.3 is 0 Å². The molecule has 3 heteroatoms. The van der Waals surface area contributed by atoms with Crippen LogP contribution in [0.4, 0.5) is 8.92 Å². The van der Waals surface area contributed by atoms with Gasteiger partial charge in [-0.05, 0) is 24.6 Å². The van der Waals surface area contributed by atoms with E-state index in [2.05, 4.69) is 4.94 Å². The first-order valence-corrected chi connectivity index (χ1v) is 5.21. The van der Waals surface area contributed by atoms with Gasteiger partial charge >= 0.3 is 0 Å². The van der Waals surface area contributed by atoms with Gasteiger partial charge in [-0.25, -0.2) is 4.39 Å². The Hall–Kier alpha value is -1.90. The Bertz CT molecular complexity index is 413. The van der Waals surface area contributed by atoms with Crippen molar-refractivity contribution >= 4 is 0 Å². The van der Waals surface area contributed by atoms with Crippen LogP contribution < -0.4 is 4.94 Å². The van der Waals surface area contributed by atoms with E-state index in [0.717, 1.165) is 5.56 Å². The fourth-order valence-corrected chi connectivity index (χ4v) is 1.15. The third-order valence-electron chi connectivity index (χ3n) is 2.11.